The van der Waals surface area contributed by atoms with Crippen LogP contribution in [0.15, 0.2) is 53.6 Å². The third-order valence-corrected chi connectivity index (χ3v) is 8.55. The van der Waals surface area contributed by atoms with E-state index < -0.39 is 70.3 Å². The largest absolute Gasteiger partial charge is 0.479 e. The van der Waals surface area contributed by atoms with Gasteiger partial charge >= 0.3 is 18.1 Å². The zero-order valence-electron chi connectivity index (χ0n) is 28.2. The number of likely N-dealkylation sites (tertiary alicyclic amines) is 1. The molecule has 1 unspecified atom stereocenters. The average molecular weight is 736 g/mol. The number of pyridine rings is 1. The fourth-order valence-electron chi connectivity index (χ4n) is 6.01. The van der Waals surface area contributed by atoms with Crippen molar-refractivity contribution in [1.82, 2.24) is 19.2 Å². The number of carboxylic acids is 1. The van der Waals surface area contributed by atoms with Crippen molar-refractivity contribution >= 4 is 11.9 Å². The molecule has 5 rings (SSSR count). The maximum Gasteiger partial charge on any atom is 0.416 e. The van der Waals surface area contributed by atoms with Crippen LogP contribution in [0.4, 0.5) is 26.3 Å². The summed E-state index contributed by atoms with van der Waals surface area (Å²) >= 11 is 0. The highest BCUT2D eigenvalue weighted by molar-refractivity contribution is 5.77. The van der Waals surface area contributed by atoms with Crippen molar-refractivity contribution in [3.8, 4) is 22.8 Å². The molecule has 0 bridgehead atoms. The minimum absolute atomic E-state index is 0.00986. The smallest absolute Gasteiger partial charge is 0.416 e. The zero-order valence-corrected chi connectivity index (χ0v) is 28.2. The molecule has 278 valence electrons. The Morgan fingerprint density at radius 2 is 1.81 bits per heavy atom. The van der Waals surface area contributed by atoms with Gasteiger partial charge in [-0.1, -0.05) is 0 Å². The van der Waals surface area contributed by atoms with Gasteiger partial charge in [-0.2, -0.15) is 13.2 Å². The summed E-state index contributed by atoms with van der Waals surface area (Å²) in [5.74, 6) is -4.34. The Balaban J connectivity index is 1.51. The van der Waals surface area contributed by atoms with E-state index in [1.54, 1.807) is 18.9 Å². The number of hydrogen-bond donors (Lipinski definition) is 2. The minimum Gasteiger partial charge on any atom is -0.479 e. The van der Waals surface area contributed by atoms with Gasteiger partial charge in [0, 0.05) is 62.3 Å². The standard InChI is InChI=1S/C35H35F6N5O6/c1-4-51-30(48)13-28(42)24-10-20(9-18(2)31(24)38)25-17-44(3)43-33(25)52-22-5-6-27(37)23(11-22)32(34(49)50)46-14-19(7-8-45-15-21(36)16-45)26(12-29(46)47)35(39,40)41/h5-6,9-12,14,17,21,28,32H,4,7-8,13,15-16,42H2,1-3H3,(H,49,50)/t28-,32?/m0/s1. The normalized spacial score (nSPS) is 14.9. The Morgan fingerprint density at radius 1 is 1.10 bits per heavy atom. The third-order valence-electron chi connectivity index (χ3n) is 8.55. The summed E-state index contributed by atoms with van der Waals surface area (Å²) in [4.78, 5) is 39.2. The number of carbonyl (C=O) groups excluding carboxylic acids is 1. The van der Waals surface area contributed by atoms with Crippen molar-refractivity contribution in [3.05, 3.63) is 98.6 Å². The van der Waals surface area contributed by atoms with Crippen LogP contribution in [0.25, 0.3) is 11.1 Å². The summed E-state index contributed by atoms with van der Waals surface area (Å²) in [6, 6.07) is 2.98. The fraction of sp³-hybridized carbons (Fsp3) is 0.371. The lowest BCUT2D eigenvalue weighted by Gasteiger charge is -2.34. The van der Waals surface area contributed by atoms with E-state index in [4.69, 9.17) is 15.2 Å². The molecule has 11 nitrogen and oxygen atoms in total. The predicted molar refractivity (Wildman–Crippen MR) is 175 cm³/mol. The van der Waals surface area contributed by atoms with E-state index in [1.165, 1.54) is 29.9 Å². The molecular formula is C35H35F6N5O6. The van der Waals surface area contributed by atoms with Crippen LogP contribution in [0.2, 0.25) is 0 Å². The molecule has 1 fully saturated rings. The summed E-state index contributed by atoms with van der Waals surface area (Å²) < 4.78 is 98.4. The lowest BCUT2D eigenvalue weighted by atomic mass is 9.96. The van der Waals surface area contributed by atoms with Gasteiger partial charge in [0.2, 0.25) is 5.88 Å². The van der Waals surface area contributed by atoms with Crippen molar-refractivity contribution in [2.24, 2.45) is 12.8 Å². The molecule has 1 aliphatic heterocycles. The highest BCUT2D eigenvalue weighted by Gasteiger charge is 2.37. The van der Waals surface area contributed by atoms with Crippen LogP contribution >= 0.6 is 0 Å². The van der Waals surface area contributed by atoms with Crippen LogP contribution in [0.3, 0.4) is 0 Å². The summed E-state index contributed by atoms with van der Waals surface area (Å²) in [6.45, 7) is 3.30. The molecule has 52 heavy (non-hydrogen) atoms. The second-order valence-electron chi connectivity index (χ2n) is 12.4. The van der Waals surface area contributed by atoms with E-state index in [-0.39, 0.29) is 67.9 Å². The molecule has 0 spiro atoms. The average Bonchev–Trinajstić information content (AvgIpc) is 3.41. The number of aromatic nitrogens is 3. The molecule has 0 saturated carbocycles. The second kappa shape index (κ2) is 15.2. The monoisotopic (exact) mass is 735 g/mol. The van der Waals surface area contributed by atoms with Crippen LogP contribution in [0, 0.1) is 18.6 Å². The number of benzene rings is 2. The summed E-state index contributed by atoms with van der Waals surface area (Å²) in [5, 5.41) is 14.5. The first kappa shape index (κ1) is 38.1. The Kier molecular flexibility index (Phi) is 11.1. The van der Waals surface area contributed by atoms with E-state index in [2.05, 4.69) is 5.10 Å². The molecule has 1 saturated heterocycles. The van der Waals surface area contributed by atoms with Crippen LogP contribution in [-0.4, -0.2) is 68.7 Å². The number of alkyl halides is 4. The number of halogens is 6. The lowest BCUT2D eigenvalue weighted by molar-refractivity contribution is -0.143. The van der Waals surface area contributed by atoms with Crippen LogP contribution in [0.5, 0.6) is 11.6 Å². The molecule has 2 atom stereocenters. The summed E-state index contributed by atoms with van der Waals surface area (Å²) in [5.41, 5.74) is 3.39. The van der Waals surface area contributed by atoms with E-state index in [0.717, 1.165) is 24.4 Å². The fourth-order valence-corrected chi connectivity index (χ4v) is 6.01. The van der Waals surface area contributed by atoms with Crippen molar-refractivity contribution in [1.29, 1.82) is 0 Å². The quantitative estimate of drug-likeness (QED) is 0.135. The number of nitrogens with zero attached hydrogens (tertiary/aromatic N) is 4. The Hall–Kier alpha value is -5.16. The molecule has 3 heterocycles. The van der Waals surface area contributed by atoms with Gasteiger partial charge in [-0.15, -0.1) is 5.10 Å². The molecule has 2 aromatic carbocycles. The molecule has 0 aliphatic carbocycles. The second-order valence-corrected chi connectivity index (χ2v) is 12.4. The Bertz CT molecular complexity index is 2040. The number of hydrogen-bond acceptors (Lipinski definition) is 8. The first-order valence-electron chi connectivity index (χ1n) is 16.1. The van der Waals surface area contributed by atoms with Crippen molar-refractivity contribution in [3.63, 3.8) is 0 Å². The molecule has 0 amide bonds. The van der Waals surface area contributed by atoms with Crippen molar-refractivity contribution < 1.29 is 50.5 Å². The summed E-state index contributed by atoms with van der Waals surface area (Å²) in [7, 11) is 1.56. The number of aryl methyl sites for hydroxylation is 2. The molecular weight excluding hydrogens is 700 g/mol. The van der Waals surface area contributed by atoms with Crippen LogP contribution < -0.4 is 16.0 Å². The number of carbonyl (C=O) groups is 2. The maximum absolute atomic E-state index is 15.4. The highest BCUT2D eigenvalue weighted by atomic mass is 19.4. The van der Waals surface area contributed by atoms with Gasteiger partial charge in [-0.25, -0.2) is 18.0 Å². The molecule has 17 heteroatoms. The number of nitrogens with two attached hydrogens (primary N) is 1. The van der Waals surface area contributed by atoms with Gasteiger partial charge in [-0.3, -0.25) is 23.7 Å². The summed E-state index contributed by atoms with van der Waals surface area (Å²) in [6.07, 6.45) is -4.38. The van der Waals surface area contributed by atoms with Gasteiger partial charge in [-0.05, 0) is 67.3 Å². The first-order valence-corrected chi connectivity index (χ1v) is 16.1. The van der Waals surface area contributed by atoms with Gasteiger partial charge in [0.05, 0.1) is 24.2 Å². The topological polar surface area (TPSA) is 142 Å². The van der Waals surface area contributed by atoms with Crippen LogP contribution in [0.1, 0.15) is 53.2 Å². The lowest BCUT2D eigenvalue weighted by Crippen LogP contribution is -2.49. The molecule has 2 aromatic heterocycles. The number of aliphatic carboxylic acids is 1. The Labute approximate surface area is 293 Å². The highest BCUT2D eigenvalue weighted by Crippen LogP contribution is 2.37. The van der Waals surface area contributed by atoms with Gasteiger partial charge in [0.1, 0.15) is 23.6 Å². The van der Waals surface area contributed by atoms with Gasteiger partial charge in [0.25, 0.3) is 5.56 Å². The van der Waals surface area contributed by atoms with Crippen molar-refractivity contribution in [2.45, 2.75) is 51.1 Å². The molecule has 3 N–H and O–H groups in total. The maximum atomic E-state index is 15.4. The van der Waals surface area contributed by atoms with Gasteiger partial charge in [0.15, 0.2) is 6.04 Å². The van der Waals surface area contributed by atoms with Crippen molar-refractivity contribution in [2.75, 3.05) is 26.2 Å². The van der Waals surface area contributed by atoms with E-state index >= 15 is 8.78 Å². The number of ether oxygens (including phenoxy) is 2. The number of rotatable bonds is 13. The molecule has 1 aliphatic rings. The third kappa shape index (κ3) is 8.31. The predicted octanol–water partition coefficient (Wildman–Crippen LogP) is 5.47. The van der Waals surface area contributed by atoms with Gasteiger partial charge < -0.3 is 20.3 Å². The first-order chi connectivity index (χ1) is 24.5. The number of esters is 1. The minimum atomic E-state index is -4.96. The van der Waals surface area contributed by atoms with E-state index in [9.17, 15) is 37.1 Å². The molecule has 0 radical (unpaired) electrons. The van der Waals surface area contributed by atoms with E-state index in [1.807, 2.05) is 0 Å². The Morgan fingerprint density at radius 3 is 2.44 bits per heavy atom. The van der Waals surface area contributed by atoms with Crippen LogP contribution in [-0.2, 0) is 34.0 Å². The number of carboxylic acid groups (broad SMARTS) is 1. The van der Waals surface area contributed by atoms with E-state index in [0.29, 0.717) is 15.7 Å². The SMILES string of the molecule is CCOC(=O)C[C@H](N)c1cc(-c2cn(C)nc2Oc2ccc(F)c(C(C(=O)O)n3cc(CCN4CC(F)C4)c(C(F)(F)F)cc3=O)c2)cc(C)c1F. The molecule has 4 aromatic rings. The zero-order chi connectivity index (χ0) is 38.1.